The number of benzene rings is 2. The lowest BCUT2D eigenvalue weighted by atomic mass is 10.1. The van der Waals surface area contributed by atoms with Gasteiger partial charge in [0.2, 0.25) is 5.90 Å². The van der Waals surface area contributed by atoms with E-state index in [-0.39, 0.29) is 5.70 Å². The molecular formula is C17H12ClNO2. The maximum atomic E-state index is 11.9. The first kappa shape index (κ1) is 13.6. The number of esters is 1. The van der Waals surface area contributed by atoms with Crippen LogP contribution in [0.25, 0.3) is 6.08 Å². The maximum absolute atomic E-state index is 11.9. The molecule has 1 aliphatic heterocycles. The third-order valence-corrected chi connectivity index (χ3v) is 3.38. The highest BCUT2D eigenvalue weighted by Crippen LogP contribution is 2.21. The van der Waals surface area contributed by atoms with E-state index in [1.807, 2.05) is 43.3 Å². The number of aryl methyl sites for hydroxylation is 1. The molecule has 1 aliphatic rings. The second-order valence-electron chi connectivity index (χ2n) is 4.71. The minimum atomic E-state index is -0.451. The van der Waals surface area contributed by atoms with Crippen LogP contribution in [0.3, 0.4) is 0 Å². The third kappa shape index (κ3) is 2.88. The lowest BCUT2D eigenvalue weighted by molar-refractivity contribution is -0.129. The standard InChI is InChI=1S/C17H12ClNO2/c1-11-5-2-3-8-14(11)16-19-15(17(20)21-16)10-12-6-4-7-13(18)9-12/h2-10H,1H3/b15-10-. The number of nitrogens with zero attached hydrogens (tertiary/aromatic N) is 1. The molecular weight excluding hydrogens is 286 g/mol. The molecule has 0 atom stereocenters. The van der Waals surface area contributed by atoms with Crippen LogP contribution in [0, 0.1) is 6.92 Å². The van der Waals surface area contributed by atoms with Gasteiger partial charge in [-0.25, -0.2) is 9.79 Å². The van der Waals surface area contributed by atoms with Gasteiger partial charge < -0.3 is 4.74 Å². The molecule has 0 aromatic heterocycles. The fourth-order valence-corrected chi connectivity index (χ4v) is 2.29. The van der Waals surface area contributed by atoms with Gasteiger partial charge >= 0.3 is 5.97 Å². The molecule has 0 aliphatic carbocycles. The van der Waals surface area contributed by atoms with E-state index in [0.717, 1.165) is 16.7 Å². The first-order valence-electron chi connectivity index (χ1n) is 6.47. The third-order valence-electron chi connectivity index (χ3n) is 3.15. The molecule has 3 nitrogen and oxygen atoms in total. The van der Waals surface area contributed by atoms with Crippen LogP contribution in [0.5, 0.6) is 0 Å². The molecule has 0 radical (unpaired) electrons. The van der Waals surface area contributed by atoms with E-state index >= 15 is 0 Å². The van der Waals surface area contributed by atoms with E-state index in [1.54, 1.807) is 18.2 Å². The van der Waals surface area contributed by atoms with Crippen LogP contribution in [0.1, 0.15) is 16.7 Å². The monoisotopic (exact) mass is 297 g/mol. The minimum absolute atomic E-state index is 0.274. The van der Waals surface area contributed by atoms with E-state index in [4.69, 9.17) is 16.3 Å². The zero-order chi connectivity index (χ0) is 14.8. The molecule has 0 fully saturated rings. The molecule has 3 rings (SSSR count). The molecule has 104 valence electrons. The average Bonchev–Trinajstić information content (AvgIpc) is 2.80. The van der Waals surface area contributed by atoms with Gasteiger partial charge in [0.05, 0.1) is 0 Å². The zero-order valence-electron chi connectivity index (χ0n) is 11.3. The number of halogens is 1. The van der Waals surface area contributed by atoms with Crippen molar-refractivity contribution in [1.29, 1.82) is 0 Å². The molecule has 0 bridgehead atoms. The number of hydrogen-bond acceptors (Lipinski definition) is 3. The van der Waals surface area contributed by atoms with Gasteiger partial charge in [-0.2, -0.15) is 0 Å². The molecule has 2 aromatic carbocycles. The van der Waals surface area contributed by atoms with Crippen LogP contribution >= 0.6 is 11.6 Å². The minimum Gasteiger partial charge on any atom is -0.402 e. The number of hydrogen-bond donors (Lipinski definition) is 0. The van der Waals surface area contributed by atoms with Gasteiger partial charge in [0, 0.05) is 10.6 Å². The Morgan fingerprint density at radius 2 is 1.95 bits per heavy atom. The highest BCUT2D eigenvalue weighted by atomic mass is 35.5. The van der Waals surface area contributed by atoms with E-state index in [9.17, 15) is 4.79 Å². The summed E-state index contributed by atoms with van der Waals surface area (Å²) in [6.07, 6.45) is 1.67. The molecule has 0 saturated heterocycles. The van der Waals surface area contributed by atoms with Crippen molar-refractivity contribution in [3.05, 3.63) is 75.9 Å². The van der Waals surface area contributed by atoms with E-state index in [0.29, 0.717) is 10.9 Å². The van der Waals surface area contributed by atoms with Gasteiger partial charge in [-0.15, -0.1) is 0 Å². The predicted octanol–water partition coefficient (Wildman–Crippen LogP) is 3.99. The molecule has 0 spiro atoms. The van der Waals surface area contributed by atoms with Crippen molar-refractivity contribution in [2.75, 3.05) is 0 Å². The molecule has 0 unspecified atom stereocenters. The van der Waals surface area contributed by atoms with Crippen LogP contribution in [0.2, 0.25) is 5.02 Å². The summed E-state index contributed by atoms with van der Waals surface area (Å²) in [6.45, 7) is 1.95. The summed E-state index contributed by atoms with van der Waals surface area (Å²) in [6, 6.07) is 14.9. The molecule has 21 heavy (non-hydrogen) atoms. The molecule has 0 saturated carbocycles. The van der Waals surface area contributed by atoms with Crippen molar-refractivity contribution in [3.8, 4) is 0 Å². The maximum Gasteiger partial charge on any atom is 0.363 e. The normalized spacial score (nSPS) is 16.0. The van der Waals surface area contributed by atoms with Gasteiger partial charge in [-0.05, 0) is 42.3 Å². The summed E-state index contributed by atoms with van der Waals surface area (Å²) in [5, 5.41) is 0.610. The average molecular weight is 298 g/mol. The Hall–Kier alpha value is -2.39. The first-order chi connectivity index (χ1) is 10.1. The van der Waals surface area contributed by atoms with Crippen LogP contribution < -0.4 is 0 Å². The van der Waals surface area contributed by atoms with Crippen LogP contribution in [0.15, 0.2) is 59.2 Å². The van der Waals surface area contributed by atoms with Crippen molar-refractivity contribution >= 4 is 29.5 Å². The second kappa shape index (κ2) is 5.54. The predicted molar refractivity (Wildman–Crippen MR) is 83.2 cm³/mol. The Labute approximate surface area is 127 Å². The number of rotatable bonds is 2. The lowest BCUT2D eigenvalue weighted by Gasteiger charge is -2.02. The van der Waals surface area contributed by atoms with E-state index in [2.05, 4.69) is 4.99 Å². The van der Waals surface area contributed by atoms with E-state index < -0.39 is 5.97 Å². The van der Waals surface area contributed by atoms with Crippen molar-refractivity contribution in [3.63, 3.8) is 0 Å². The Balaban J connectivity index is 1.98. The summed E-state index contributed by atoms with van der Waals surface area (Å²) in [5.74, 6) is -0.111. The summed E-state index contributed by atoms with van der Waals surface area (Å²) in [5.41, 5.74) is 2.91. The fraction of sp³-hybridized carbons (Fsp3) is 0.0588. The van der Waals surface area contributed by atoms with Crippen LogP contribution in [-0.2, 0) is 9.53 Å². The summed E-state index contributed by atoms with van der Waals surface area (Å²) < 4.78 is 5.25. The highest BCUT2D eigenvalue weighted by Gasteiger charge is 2.24. The van der Waals surface area contributed by atoms with Crippen molar-refractivity contribution in [2.45, 2.75) is 6.92 Å². The van der Waals surface area contributed by atoms with Gasteiger partial charge in [0.1, 0.15) is 0 Å². The molecule has 4 heteroatoms. The van der Waals surface area contributed by atoms with Crippen LogP contribution in [-0.4, -0.2) is 11.9 Å². The quantitative estimate of drug-likeness (QED) is 0.621. The Morgan fingerprint density at radius 3 is 2.71 bits per heavy atom. The van der Waals surface area contributed by atoms with E-state index in [1.165, 1.54) is 0 Å². The summed E-state index contributed by atoms with van der Waals surface area (Å²) >= 11 is 5.93. The SMILES string of the molecule is Cc1ccccc1C1=N/C(=C\c2cccc(Cl)c2)C(=O)O1. The fourth-order valence-electron chi connectivity index (χ4n) is 2.09. The Bertz CT molecular complexity index is 778. The molecule has 0 N–H and O–H groups in total. The molecule has 1 heterocycles. The summed E-state index contributed by atoms with van der Waals surface area (Å²) in [4.78, 5) is 16.2. The first-order valence-corrected chi connectivity index (χ1v) is 6.85. The lowest BCUT2D eigenvalue weighted by Crippen LogP contribution is -2.06. The largest absolute Gasteiger partial charge is 0.402 e. The molecule has 0 amide bonds. The van der Waals surface area contributed by atoms with Gasteiger partial charge in [-0.1, -0.05) is 41.9 Å². The molecule has 2 aromatic rings. The van der Waals surface area contributed by atoms with Crippen LogP contribution in [0.4, 0.5) is 0 Å². The topological polar surface area (TPSA) is 38.7 Å². The number of ether oxygens (including phenoxy) is 1. The Kier molecular flexibility index (Phi) is 3.59. The highest BCUT2D eigenvalue weighted by molar-refractivity contribution is 6.30. The van der Waals surface area contributed by atoms with Crippen molar-refractivity contribution in [1.82, 2.24) is 0 Å². The van der Waals surface area contributed by atoms with Crippen molar-refractivity contribution in [2.24, 2.45) is 4.99 Å². The number of carbonyl (C=O) groups is 1. The van der Waals surface area contributed by atoms with Gasteiger partial charge in [0.25, 0.3) is 0 Å². The second-order valence-corrected chi connectivity index (χ2v) is 5.14. The summed E-state index contributed by atoms with van der Waals surface area (Å²) in [7, 11) is 0. The number of aliphatic imine (C=N–C) groups is 1. The smallest absolute Gasteiger partial charge is 0.363 e. The van der Waals surface area contributed by atoms with Crippen molar-refractivity contribution < 1.29 is 9.53 Å². The van der Waals surface area contributed by atoms with Gasteiger partial charge in [0.15, 0.2) is 5.70 Å². The Morgan fingerprint density at radius 1 is 1.14 bits per heavy atom. The van der Waals surface area contributed by atoms with Gasteiger partial charge in [-0.3, -0.25) is 0 Å². The number of carbonyl (C=O) groups excluding carboxylic acids is 1. The number of cyclic esters (lactones) is 1. The zero-order valence-corrected chi connectivity index (χ0v) is 12.1.